The molecule has 0 aliphatic rings. The molecule has 18 heavy (non-hydrogen) atoms. The topological polar surface area (TPSA) is 66.9 Å². The fourth-order valence-corrected chi connectivity index (χ4v) is 1.77. The van der Waals surface area contributed by atoms with E-state index in [0.29, 0.717) is 24.8 Å². The van der Waals surface area contributed by atoms with Crippen molar-refractivity contribution in [3.8, 4) is 6.07 Å². The van der Waals surface area contributed by atoms with Gasteiger partial charge in [0.15, 0.2) is 0 Å². The predicted octanol–water partition coefficient (Wildman–Crippen LogP) is 3.74. The summed E-state index contributed by atoms with van der Waals surface area (Å²) in [5, 5.41) is 19.6. The van der Waals surface area contributed by atoms with Crippen LogP contribution in [0.5, 0.6) is 0 Å². The largest absolute Gasteiger partial charge is 0.272 e. The van der Waals surface area contributed by atoms with Gasteiger partial charge in [0.05, 0.1) is 11.0 Å². The molecule has 0 N–H and O–H groups in total. The second kappa shape index (κ2) is 5.63. The van der Waals surface area contributed by atoms with Crippen molar-refractivity contribution < 1.29 is 4.92 Å². The fourth-order valence-electron chi connectivity index (χ4n) is 1.77. The average Bonchev–Trinajstić information content (AvgIpc) is 2.28. The molecule has 0 aromatic heterocycles. The average molecular weight is 246 g/mol. The van der Waals surface area contributed by atoms with Gasteiger partial charge in [-0.3, -0.25) is 10.1 Å². The van der Waals surface area contributed by atoms with E-state index in [2.05, 4.69) is 6.07 Å². The van der Waals surface area contributed by atoms with Gasteiger partial charge in [-0.15, -0.1) is 0 Å². The van der Waals surface area contributed by atoms with Crippen molar-refractivity contribution in [2.45, 2.75) is 45.4 Å². The minimum absolute atomic E-state index is 0.101. The van der Waals surface area contributed by atoms with Gasteiger partial charge in [0.1, 0.15) is 0 Å². The highest BCUT2D eigenvalue weighted by Gasteiger charge is 2.20. The van der Waals surface area contributed by atoms with Crippen LogP contribution in [-0.2, 0) is 11.8 Å². The first-order valence-electron chi connectivity index (χ1n) is 6.01. The zero-order valence-electron chi connectivity index (χ0n) is 11.1. The molecule has 0 saturated carbocycles. The molecule has 0 amide bonds. The highest BCUT2D eigenvalue weighted by atomic mass is 16.6. The van der Waals surface area contributed by atoms with Crippen LogP contribution in [-0.4, -0.2) is 4.92 Å². The Morgan fingerprint density at radius 3 is 2.56 bits per heavy atom. The summed E-state index contributed by atoms with van der Waals surface area (Å²) in [5.41, 5.74) is 1.73. The van der Waals surface area contributed by atoms with Gasteiger partial charge in [0.2, 0.25) is 0 Å². The van der Waals surface area contributed by atoms with E-state index in [1.165, 1.54) is 0 Å². The summed E-state index contributed by atoms with van der Waals surface area (Å²) in [5.74, 6) is 0. The molecule has 0 unspecified atom stereocenters. The van der Waals surface area contributed by atoms with Crippen LogP contribution in [0.2, 0.25) is 0 Å². The Labute approximate surface area is 107 Å². The van der Waals surface area contributed by atoms with Gasteiger partial charge >= 0.3 is 0 Å². The maximum absolute atomic E-state index is 11.1. The Kier molecular flexibility index (Phi) is 4.43. The first-order chi connectivity index (χ1) is 8.36. The van der Waals surface area contributed by atoms with Gasteiger partial charge < -0.3 is 0 Å². The van der Waals surface area contributed by atoms with E-state index in [0.717, 1.165) is 5.56 Å². The second-order valence-electron chi connectivity index (χ2n) is 5.36. The number of nitriles is 1. The lowest BCUT2D eigenvalue weighted by molar-refractivity contribution is -0.385. The molecule has 1 aromatic carbocycles. The van der Waals surface area contributed by atoms with Crippen LogP contribution >= 0.6 is 0 Å². The molecule has 1 aromatic rings. The van der Waals surface area contributed by atoms with E-state index in [1.54, 1.807) is 6.07 Å². The number of hydrogen-bond acceptors (Lipinski definition) is 3. The molecule has 4 nitrogen and oxygen atoms in total. The standard InChI is InChI=1S/C14H18N2O2/c1-14(2,3)12-8-7-11(6-4-5-9-15)13(10-12)16(17)18/h7-8,10H,4-6H2,1-3H3. The number of benzene rings is 1. The summed E-state index contributed by atoms with van der Waals surface area (Å²) in [6.07, 6.45) is 1.67. The van der Waals surface area contributed by atoms with Crippen molar-refractivity contribution >= 4 is 5.69 Å². The molecule has 0 saturated heterocycles. The number of rotatable bonds is 4. The fraction of sp³-hybridized carbons (Fsp3) is 0.500. The first kappa shape index (κ1) is 14.2. The third-order valence-corrected chi connectivity index (χ3v) is 2.88. The number of aryl methyl sites for hydroxylation is 1. The van der Waals surface area contributed by atoms with Crippen molar-refractivity contribution in [1.29, 1.82) is 5.26 Å². The maximum atomic E-state index is 11.1. The number of hydrogen-bond donors (Lipinski definition) is 0. The van der Waals surface area contributed by atoms with Crippen LogP contribution in [0.1, 0.15) is 44.7 Å². The van der Waals surface area contributed by atoms with Crippen LogP contribution in [0, 0.1) is 21.4 Å². The smallest absolute Gasteiger partial charge is 0.258 e. The Morgan fingerprint density at radius 2 is 2.06 bits per heavy atom. The second-order valence-corrected chi connectivity index (χ2v) is 5.36. The summed E-state index contributed by atoms with van der Waals surface area (Å²) in [4.78, 5) is 10.7. The minimum Gasteiger partial charge on any atom is -0.258 e. The Hall–Kier alpha value is -1.89. The maximum Gasteiger partial charge on any atom is 0.272 e. The monoisotopic (exact) mass is 246 g/mol. The highest BCUT2D eigenvalue weighted by molar-refractivity contribution is 5.45. The molecule has 0 spiro atoms. The van der Waals surface area contributed by atoms with Gasteiger partial charge in [-0.25, -0.2) is 0 Å². The molecule has 1 rings (SSSR count). The summed E-state index contributed by atoms with van der Waals surface area (Å²) >= 11 is 0. The van der Waals surface area contributed by atoms with E-state index >= 15 is 0 Å². The van der Waals surface area contributed by atoms with E-state index < -0.39 is 0 Å². The van der Waals surface area contributed by atoms with Crippen molar-refractivity contribution in [1.82, 2.24) is 0 Å². The van der Waals surface area contributed by atoms with Crippen molar-refractivity contribution in [2.24, 2.45) is 0 Å². The summed E-state index contributed by atoms with van der Waals surface area (Å²) in [6.45, 7) is 6.09. The quantitative estimate of drug-likeness (QED) is 0.461. The van der Waals surface area contributed by atoms with Gasteiger partial charge in [-0.05, 0) is 23.8 Å². The molecule has 96 valence electrons. The van der Waals surface area contributed by atoms with Crippen LogP contribution < -0.4 is 0 Å². The molecule has 0 aliphatic heterocycles. The molecule has 0 bridgehead atoms. The van der Waals surface area contributed by atoms with Crippen molar-refractivity contribution in [3.05, 3.63) is 39.4 Å². The lowest BCUT2D eigenvalue weighted by Crippen LogP contribution is -2.12. The number of unbranched alkanes of at least 4 members (excludes halogenated alkanes) is 1. The lowest BCUT2D eigenvalue weighted by atomic mass is 9.86. The van der Waals surface area contributed by atoms with Crippen LogP contribution in [0.4, 0.5) is 5.69 Å². The molecule has 0 heterocycles. The van der Waals surface area contributed by atoms with Gasteiger partial charge in [-0.2, -0.15) is 5.26 Å². The van der Waals surface area contributed by atoms with Gasteiger partial charge in [0.25, 0.3) is 5.69 Å². The van der Waals surface area contributed by atoms with Crippen molar-refractivity contribution in [2.75, 3.05) is 0 Å². The zero-order chi connectivity index (χ0) is 13.8. The Balaban J connectivity index is 3.06. The zero-order valence-corrected chi connectivity index (χ0v) is 11.1. The molecular weight excluding hydrogens is 228 g/mol. The van der Waals surface area contributed by atoms with Gasteiger partial charge in [0, 0.05) is 18.1 Å². The highest BCUT2D eigenvalue weighted by Crippen LogP contribution is 2.29. The minimum atomic E-state index is -0.336. The SMILES string of the molecule is CC(C)(C)c1ccc(CCCC#N)c([N+](=O)[O-])c1. The Bertz CT molecular complexity index is 482. The molecule has 0 fully saturated rings. The third kappa shape index (κ3) is 3.56. The van der Waals surface area contributed by atoms with Gasteiger partial charge in [-0.1, -0.05) is 32.9 Å². The summed E-state index contributed by atoms with van der Waals surface area (Å²) in [6, 6.07) is 7.46. The van der Waals surface area contributed by atoms with E-state index in [9.17, 15) is 10.1 Å². The summed E-state index contributed by atoms with van der Waals surface area (Å²) < 4.78 is 0. The Morgan fingerprint density at radius 1 is 1.39 bits per heavy atom. The van der Waals surface area contributed by atoms with Crippen molar-refractivity contribution in [3.63, 3.8) is 0 Å². The van der Waals surface area contributed by atoms with E-state index in [1.807, 2.05) is 32.9 Å². The molecule has 0 radical (unpaired) electrons. The number of nitrogens with zero attached hydrogens (tertiary/aromatic N) is 2. The molecular formula is C14H18N2O2. The van der Waals surface area contributed by atoms with Crippen LogP contribution in [0.25, 0.3) is 0 Å². The normalized spacial score (nSPS) is 11.0. The van der Waals surface area contributed by atoms with Crippen LogP contribution in [0.3, 0.4) is 0 Å². The number of nitro benzene ring substituents is 1. The van der Waals surface area contributed by atoms with E-state index in [4.69, 9.17) is 5.26 Å². The lowest BCUT2D eigenvalue weighted by Gasteiger charge is -2.19. The summed E-state index contributed by atoms with van der Waals surface area (Å²) in [7, 11) is 0. The predicted molar refractivity (Wildman–Crippen MR) is 70.3 cm³/mol. The van der Waals surface area contributed by atoms with Crippen LogP contribution in [0.15, 0.2) is 18.2 Å². The number of nitro groups is 1. The third-order valence-electron chi connectivity index (χ3n) is 2.88. The van der Waals surface area contributed by atoms with E-state index in [-0.39, 0.29) is 16.0 Å². The first-order valence-corrected chi connectivity index (χ1v) is 6.01. The molecule has 0 atom stereocenters. The molecule has 4 heteroatoms. The molecule has 0 aliphatic carbocycles.